The van der Waals surface area contributed by atoms with Gasteiger partial charge in [-0.05, 0) is 36.8 Å². The highest BCUT2D eigenvalue weighted by atomic mass is 19.1. The maximum Gasteiger partial charge on any atom is 0.342 e. The van der Waals surface area contributed by atoms with E-state index < -0.39 is 5.97 Å². The Morgan fingerprint density at radius 1 is 1.12 bits per heavy atom. The van der Waals surface area contributed by atoms with Gasteiger partial charge in [0.05, 0.1) is 0 Å². The maximum absolute atomic E-state index is 12.9. The Kier molecular flexibility index (Phi) is 5.09. The standard InChI is InChI=1S/C19H16FNO4/c1-13-10-16(21-25-13)12-24-19(22)17-4-2-3-5-18(17)23-11-14-6-8-15(20)9-7-14/h2-10H,11-12H2,1H3. The van der Waals surface area contributed by atoms with Gasteiger partial charge in [0.25, 0.3) is 0 Å². The normalized spacial score (nSPS) is 10.5. The van der Waals surface area contributed by atoms with E-state index in [4.69, 9.17) is 14.0 Å². The fourth-order valence-corrected chi connectivity index (χ4v) is 2.21. The molecule has 0 amide bonds. The van der Waals surface area contributed by atoms with Gasteiger partial charge in [-0.15, -0.1) is 0 Å². The van der Waals surface area contributed by atoms with Crippen molar-refractivity contribution in [3.63, 3.8) is 0 Å². The highest BCUT2D eigenvalue weighted by Gasteiger charge is 2.15. The van der Waals surface area contributed by atoms with E-state index in [0.29, 0.717) is 22.8 Å². The average Bonchev–Trinajstić information content (AvgIpc) is 3.05. The summed E-state index contributed by atoms with van der Waals surface area (Å²) in [6, 6.07) is 14.5. The van der Waals surface area contributed by atoms with E-state index in [2.05, 4.69) is 5.16 Å². The molecule has 0 spiro atoms. The fourth-order valence-electron chi connectivity index (χ4n) is 2.21. The van der Waals surface area contributed by atoms with Gasteiger partial charge in [-0.3, -0.25) is 0 Å². The van der Waals surface area contributed by atoms with Crippen LogP contribution >= 0.6 is 0 Å². The SMILES string of the molecule is Cc1cc(COC(=O)c2ccccc2OCc2ccc(F)cc2)no1. The number of ether oxygens (including phenoxy) is 2. The van der Waals surface area contributed by atoms with E-state index in [-0.39, 0.29) is 19.0 Å². The molecule has 6 heteroatoms. The van der Waals surface area contributed by atoms with Gasteiger partial charge in [0.1, 0.15) is 41.8 Å². The second kappa shape index (κ2) is 7.61. The smallest absolute Gasteiger partial charge is 0.342 e. The zero-order valence-corrected chi connectivity index (χ0v) is 13.6. The van der Waals surface area contributed by atoms with Gasteiger partial charge in [0.2, 0.25) is 0 Å². The van der Waals surface area contributed by atoms with Crippen LogP contribution in [0.25, 0.3) is 0 Å². The van der Waals surface area contributed by atoms with Crippen molar-refractivity contribution in [3.05, 3.63) is 83.0 Å². The van der Waals surface area contributed by atoms with Crippen LogP contribution in [-0.2, 0) is 18.0 Å². The van der Waals surface area contributed by atoms with Crippen LogP contribution in [0.15, 0.2) is 59.1 Å². The monoisotopic (exact) mass is 341 g/mol. The average molecular weight is 341 g/mol. The number of aromatic nitrogens is 1. The second-order valence-corrected chi connectivity index (χ2v) is 5.42. The summed E-state index contributed by atoms with van der Waals surface area (Å²) in [4.78, 5) is 12.3. The van der Waals surface area contributed by atoms with Crippen molar-refractivity contribution in [1.29, 1.82) is 0 Å². The number of carbonyl (C=O) groups excluding carboxylic acids is 1. The quantitative estimate of drug-likeness (QED) is 0.633. The van der Waals surface area contributed by atoms with Crippen molar-refractivity contribution < 1.29 is 23.2 Å². The number of para-hydroxylation sites is 1. The van der Waals surface area contributed by atoms with Crippen LogP contribution in [0, 0.1) is 12.7 Å². The number of nitrogens with zero attached hydrogens (tertiary/aromatic N) is 1. The molecule has 2 aromatic carbocycles. The molecule has 0 atom stereocenters. The summed E-state index contributed by atoms with van der Waals surface area (Å²) in [5.74, 6) is 0.216. The molecule has 0 N–H and O–H groups in total. The van der Waals surface area contributed by atoms with Crippen molar-refractivity contribution in [1.82, 2.24) is 5.16 Å². The lowest BCUT2D eigenvalue weighted by Gasteiger charge is -2.11. The lowest BCUT2D eigenvalue weighted by molar-refractivity contribution is 0.0459. The third-order valence-corrected chi connectivity index (χ3v) is 3.44. The molecule has 25 heavy (non-hydrogen) atoms. The molecular weight excluding hydrogens is 325 g/mol. The van der Waals surface area contributed by atoms with Crippen LogP contribution in [0.2, 0.25) is 0 Å². The van der Waals surface area contributed by atoms with E-state index in [1.165, 1.54) is 12.1 Å². The summed E-state index contributed by atoms with van der Waals surface area (Å²) >= 11 is 0. The van der Waals surface area contributed by atoms with Gasteiger partial charge < -0.3 is 14.0 Å². The van der Waals surface area contributed by atoms with Crippen LogP contribution in [0.5, 0.6) is 5.75 Å². The molecule has 0 bridgehead atoms. The number of carbonyl (C=O) groups is 1. The van der Waals surface area contributed by atoms with Crippen LogP contribution in [0.1, 0.15) is 27.4 Å². The Balaban J connectivity index is 1.65. The molecule has 0 aliphatic carbocycles. The third-order valence-electron chi connectivity index (χ3n) is 3.44. The Morgan fingerprint density at radius 2 is 1.88 bits per heavy atom. The summed E-state index contributed by atoms with van der Waals surface area (Å²) in [5, 5.41) is 3.77. The first-order valence-corrected chi connectivity index (χ1v) is 7.67. The summed E-state index contributed by atoms with van der Waals surface area (Å²) in [6.07, 6.45) is 0. The van der Waals surface area contributed by atoms with Crippen molar-refractivity contribution in [2.45, 2.75) is 20.1 Å². The number of halogens is 1. The molecule has 0 saturated heterocycles. The summed E-state index contributed by atoms with van der Waals surface area (Å²) < 4.78 is 28.8. The molecule has 0 unspecified atom stereocenters. The minimum Gasteiger partial charge on any atom is -0.488 e. The Morgan fingerprint density at radius 3 is 2.60 bits per heavy atom. The topological polar surface area (TPSA) is 61.6 Å². The number of hydrogen-bond acceptors (Lipinski definition) is 5. The summed E-state index contributed by atoms with van der Waals surface area (Å²) in [6.45, 7) is 1.99. The molecule has 0 fully saturated rings. The molecule has 0 aliphatic heterocycles. The number of benzene rings is 2. The molecule has 0 saturated carbocycles. The molecule has 5 nitrogen and oxygen atoms in total. The van der Waals surface area contributed by atoms with Gasteiger partial charge in [-0.2, -0.15) is 0 Å². The van der Waals surface area contributed by atoms with Gasteiger partial charge in [-0.25, -0.2) is 9.18 Å². The lowest BCUT2D eigenvalue weighted by Crippen LogP contribution is -2.08. The zero-order chi connectivity index (χ0) is 17.6. The lowest BCUT2D eigenvalue weighted by atomic mass is 10.2. The zero-order valence-electron chi connectivity index (χ0n) is 13.6. The van der Waals surface area contributed by atoms with Gasteiger partial charge in [0.15, 0.2) is 0 Å². The van der Waals surface area contributed by atoms with E-state index in [1.54, 1.807) is 49.4 Å². The fraction of sp³-hybridized carbons (Fsp3) is 0.158. The predicted molar refractivity (Wildman–Crippen MR) is 87.5 cm³/mol. The highest BCUT2D eigenvalue weighted by molar-refractivity contribution is 5.92. The number of aryl methyl sites for hydroxylation is 1. The minimum atomic E-state index is -0.518. The van der Waals surface area contributed by atoms with E-state index in [9.17, 15) is 9.18 Å². The molecule has 0 radical (unpaired) electrons. The predicted octanol–water partition coefficient (Wildman–Crippen LogP) is 4.06. The summed E-state index contributed by atoms with van der Waals surface area (Å²) in [7, 11) is 0. The van der Waals surface area contributed by atoms with Crippen LogP contribution in [-0.4, -0.2) is 11.1 Å². The molecule has 3 aromatic rings. The van der Waals surface area contributed by atoms with E-state index >= 15 is 0 Å². The first kappa shape index (κ1) is 16.7. The Bertz CT molecular complexity index is 858. The third kappa shape index (κ3) is 4.44. The molecule has 128 valence electrons. The van der Waals surface area contributed by atoms with Crippen LogP contribution < -0.4 is 4.74 Å². The number of hydrogen-bond donors (Lipinski definition) is 0. The number of esters is 1. The second-order valence-electron chi connectivity index (χ2n) is 5.42. The van der Waals surface area contributed by atoms with Crippen molar-refractivity contribution >= 4 is 5.97 Å². The molecule has 3 rings (SSSR count). The first-order chi connectivity index (χ1) is 12.1. The van der Waals surface area contributed by atoms with Crippen molar-refractivity contribution in [2.75, 3.05) is 0 Å². The van der Waals surface area contributed by atoms with Crippen LogP contribution in [0.4, 0.5) is 4.39 Å². The highest BCUT2D eigenvalue weighted by Crippen LogP contribution is 2.21. The Labute approximate surface area is 144 Å². The Hall–Kier alpha value is -3.15. The molecule has 1 heterocycles. The molecule has 1 aromatic heterocycles. The van der Waals surface area contributed by atoms with Crippen molar-refractivity contribution in [3.8, 4) is 5.75 Å². The van der Waals surface area contributed by atoms with E-state index in [0.717, 1.165) is 5.56 Å². The molecule has 0 aliphatic rings. The molecular formula is C19H16FNO4. The van der Waals surface area contributed by atoms with Gasteiger partial charge in [-0.1, -0.05) is 29.4 Å². The first-order valence-electron chi connectivity index (χ1n) is 7.67. The largest absolute Gasteiger partial charge is 0.488 e. The minimum absolute atomic E-state index is 0.0163. The van der Waals surface area contributed by atoms with E-state index in [1.807, 2.05) is 0 Å². The van der Waals surface area contributed by atoms with Gasteiger partial charge >= 0.3 is 5.97 Å². The number of rotatable bonds is 6. The van der Waals surface area contributed by atoms with Crippen LogP contribution in [0.3, 0.4) is 0 Å². The van der Waals surface area contributed by atoms with Crippen molar-refractivity contribution in [2.24, 2.45) is 0 Å². The maximum atomic E-state index is 12.9. The van der Waals surface area contributed by atoms with Gasteiger partial charge in [0, 0.05) is 6.07 Å². The summed E-state index contributed by atoms with van der Waals surface area (Å²) in [5.41, 5.74) is 1.64.